The van der Waals surface area contributed by atoms with Crippen LogP contribution in [-0.4, -0.2) is 0 Å². The first kappa shape index (κ1) is 9.62. The molecule has 72 valence electrons. The summed E-state index contributed by atoms with van der Waals surface area (Å²) in [6.45, 7) is 0. The SMILES string of the molecule is SCc1ccc(Oc2cccs2)cc1. The summed E-state index contributed by atoms with van der Waals surface area (Å²) in [4.78, 5) is 0. The van der Waals surface area contributed by atoms with Crippen molar-refractivity contribution in [1.82, 2.24) is 0 Å². The van der Waals surface area contributed by atoms with Gasteiger partial charge in [0.2, 0.25) is 0 Å². The molecule has 0 amide bonds. The molecule has 0 N–H and O–H groups in total. The fourth-order valence-electron chi connectivity index (χ4n) is 1.10. The minimum atomic E-state index is 0.763. The van der Waals surface area contributed by atoms with Crippen LogP contribution in [0.15, 0.2) is 41.8 Å². The number of benzene rings is 1. The lowest BCUT2D eigenvalue weighted by atomic mass is 10.2. The summed E-state index contributed by atoms with van der Waals surface area (Å²) in [5.41, 5.74) is 1.20. The molecule has 0 aliphatic heterocycles. The van der Waals surface area contributed by atoms with Gasteiger partial charge in [-0.15, -0.1) is 11.3 Å². The molecule has 3 heteroatoms. The Morgan fingerprint density at radius 1 is 1.14 bits per heavy atom. The van der Waals surface area contributed by atoms with Gasteiger partial charge in [0.1, 0.15) is 5.75 Å². The zero-order valence-corrected chi connectivity index (χ0v) is 9.22. The van der Waals surface area contributed by atoms with E-state index in [4.69, 9.17) is 4.74 Å². The Bertz CT molecular complexity index is 378. The first-order valence-corrected chi connectivity index (χ1v) is 5.81. The zero-order chi connectivity index (χ0) is 9.80. The topological polar surface area (TPSA) is 9.23 Å². The van der Waals surface area contributed by atoms with E-state index < -0.39 is 0 Å². The third-order valence-electron chi connectivity index (χ3n) is 1.82. The average Bonchev–Trinajstić information content (AvgIpc) is 2.72. The van der Waals surface area contributed by atoms with Gasteiger partial charge in [-0.05, 0) is 35.2 Å². The van der Waals surface area contributed by atoms with Gasteiger partial charge in [0.25, 0.3) is 0 Å². The molecule has 0 saturated carbocycles. The smallest absolute Gasteiger partial charge is 0.180 e. The second kappa shape index (κ2) is 4.53. The van der Waals surface area contributed by atoms with Gasteiger partial charge in [0.15, 0.2) is 5.06 Å². The Kier molecular flexibility index (Phi) is 3.11. The van der Waals surface area contributed by atoms with E-state index in [9.17, 15) is 0 Å². The maximum atomic E-state index is 5.61. The molecule has 0 aliphatic carbocycles. The number of hydrogen-bond donors (Lipinski definition) is 1. The quantitative estimate of drug-likeness (QED) is 0.773. The maximum absolute atomic E-state index is 5.61. The fraction of sp³-hybridized carbons (Fsp3) is 0.0909. The number of hydrogen-bond acceptors (Lipinski definition) is 3. The van der Waals surface area contributed by atoms with Gasteiger partial charge >= 0.3 is 0 Å². The Morgan fingerprint density at radius 2 is 1.93 bits per heavy atom. The predicted octanol–water partition coefficient (Wildman–Crippen LogP) is 3.97. The molecule has 2 aromatic rings. The van der Waals surface area contributed by atoms with Crippen LogP contribution in [0, 0.1) is 0 Å². The molecule has 0 radical (unpaired) electrons. The van der Waals surface area contributed by atoms with Crippen LogP contribution in [0.1, 0.15) is 5.56 Å². The van der Waals surface area contributed by atoms with Gasteiger partial charge in [-0.1, -0.05) is 12.1 Å². The Morgan fingerprint density at radius 3 is 2.50 bits per heavy atom. The van der Waals surface area contributed by atoms with Crippen LogP contribution in [0.4, 0.5) is 0 Å². The van der Waals surface area contributed by atoms with Crippen LogP contribution in [0.3, 0.4) is 0 Å². The highest BCUT2D eigenvalue weighted by molar-refractivity contribution is 7.79. The fourth-order valence-corrected chi connectivity index (χ4v) is 1.90. The van der Waals surface area contributed by atoms with Gasteiger partial charge in [0, 0.05) is 5.75 Å². The molecule has 0 spiro atoms. The highest BCUT2D eigenvalue weighted by Crippen LogP contribution is 2.26. The summed E-state index contributed by atoms with van der Waals surface area (Å²) < 4.78 is 5.61. The van der Waals surface area contributed by atoms with Crippen LogP contribution < -0.4 is 4.74 Å². The number of rotatable bonds is 3. The first-order chi connectivity index (χ1) is 6.88. The first-order valence-electron chi connectivity index (χ1n) is 4.29. The molecule has 0 atom stereocenters. The van der Waals surface area contributed by atoms with Gasteiger partial charge in [-0.25, -0.2) is 0 Å². The van der Waals surface area contributed by atoms with Crippen molar-refractivity contribution < 1.29 is 4.74 Å². The standard InChI is InChI=1S/C11H10OS2/c13-8-9-3-5-10(6-4-9)12-11-2-1-7-14-11/h1-7,13H,8H2. The van der Waals surface area contributed by atoms with Crippen LogP contribution in [0.5, 0.6) is 10.8 Å². The third-order valence-corrected chi connectivity index (χ3v) is 2.93. The van der Waals surface area contributed by atoms with Gasteiger partial charge in [-0.2, -0.15) is 12.6 Å². The van der Waals surface area contributed by atoms with Crippen molar-refractivity contribution in [3.63, 3.8) is 0 Å². The molecule has 1 aromatic carbocycles. The van der Waals surface area contributed by atoms with Crippen molar-refractivity contribution in [3.05, 3.63) is 47.3 Å². The lowest BCUT2D eigenvalue weighted by molar-refractivity contribution is 0.496. The zero-order valence-electron chi connectivity index (χ0n) is 7.51. The summed E-state index contributed by atoms with van der Waals surface area (Å²) in [6, 6.07) is 11.9. The van der Waals surface area contributed by atoms with E-state index in [2.05, 4.69) is 12.6 Å². The maximum Gasteiger partial charge on any atom is 0.180 e. The van der Waals surface area contributed by atoms with Crippen LogP contribution >= 0.6 is 24.0 Å². The van der Waals surface area contributed by atoms with Crippen LogP contribution in [0.25, 0.3) is 0 Å². The molecular weight excluding hydrogens is 212 g/mol. The highest BCUT2D eigenvalue weighted by Gasteiger charge is 1.97. The molecular formula is C11H10OS2. The van der Waals surface area contributed by atoms with Crippen molar-refractivity contribution in [3.8, 4) is 10.8 Å². The lowest BCUT2D eigenvalue weighted by Crippen LogP contribution is -1.81. The molecule has 0 saturated heterocycles. The average molecular weight is 222 g/mol. The normalized spacial score (nSPS) is 10.1. The summed E-state index contributed by atoms with van der Waals surface area (Å²) in [5, 5.41) is 2.92. The predicted molar refractivity (Wildman–Crippen MR) is 63.5 cm³/mol. The Labute approximate surface area is 92.8 Å². The van der Waals surface area contributed by atoms with E-state index in [0.29, 0.717) is 0 Å². The largest absolute Gasteiger partial charge is 0.447 e. The minimum absolute atomic E-state index is 0.763. The minimum Gasteiger partial charge on any atom is -0.447 e. The monoisotopic (exact) mass is 222 g/mol. The van der Waals surface area contributed by atoms with E-state index >= 15 is 0 Å². The van der Waals surface area contributed by atoms with E-state index in [-0.39, 0.29) is 0 Å². The summed E-state index contributed by atoms with van der Waals surface area (Å²) in [7, 11) is 0. The molecule has 0 aliphatic rings. The van der Waals surface area contributed by atoms with Crippen LogP contribution in [0.2, 0.25) is 0 Å². The molecule has 14 heavy (non-hydrogen) atoms. The van der Waals surface area contributed by atoms with Crippen molar-refractivity contribution >= 4 is 24.0 Å². The van der Waals surface area contributed by atoms with E-state index in [1.165, 1.54) is 5.56 Å². The molecule has 0 fully saturated rings. The molecule has 2 rings (SSSR count). The Hall–Kier alpha value is -0.930. The third kappa shape index (κ3) is 2.30. The summed E-state index contributed by atoms with van der Waals surface area (Å²) in [6.07, 6.45) is 0. The second-order valence-corrected chi connectivity index (χ2v) is 4.06. The van der Waals surface area contributed by atoms with Crippen molar-refractivity contribution in [2.75, 3.05) is 0 Å². The van der Waals surface area contributed by atoms with E-state index in [0.717, 1.165) is 16.6 Å². The molecule has 1 aromatic heterocycles. The number of thiol groups is 1. The Balaban J connectivity index is 2.10. The van der Waals surface area contributed by atoms with Crippen LogP contribution in [-0.2, 0) is 5.75 Å². The second-order valence-electron chi connectivity index (χ2n) is 2.84. The van der Waals surface area contributed by atoms with Gasteiger partial charge < -0.3 is 4.74 Å². The molecule has 1 heterocycles. The van der Waals surface area contributed by atoms with Crippen molar-refractivity contribution in [2.24, 2.45) is 0 Å². The number of thiophene rings is 1. The molecule has 0 bridgehead atoms. The van der Waals surface area contributed by atoms with Crippen molar-refractivity contribution in [1.29, 1.82) is 0 Å². The molecule has 0 unspecified atom stereocenters. The summed E-state index contributed by atoms with van der Waals surface area (Å²) in [5.74, 6) is 1.64. The lowest BCUT2D eigenvalue weighted by Gasteiger charge is -2.02. The summed E-state index contributed by atoms with van der Waals surface area (Å²) >= 11 is 5.79. The van der Waals surface area contributed by atoms with E-state index in [1.807, 2.05) is 41.8 Å². The van der Waals surface area contributed by atoms with Gasteiger partial charge in [-0.3, -0.25) is 0 Å². The van der Waals surface area contributed by atoms with Crippen molar-refractivity contribution in [2.45, 2.75) is 5.75 Å². The molecule has 1 nitrogen and oxygen atoms in total. The highest BCUT2D eigenvalue weighted by atomic mass is 32.1. The van der Waals surface area contributed by atoms with E-state index in [1.54, 1.807) is 11.3 Å². The number of ether oxygens (including phenoxy) is 1. The van der Waals surface area contributed by atoms with Gasteiger partial charge in [0.05, 0.1) is 0 Å².